The Morgan fingerprint density at radius 3 is 2.24 bits per heavy atom. The fourth-order valence-electron chi connectivity index (χ4n) is 3.80. The van der Waals surface area contributed by atoms with Crippen LogP contribution in [0, 0.1) is 0 Å². The minimum atomic E-state index is 0.0642. The molecule has 0 aliphatic carbocycles. The lowest BCUT2D eigenvalue weighted by atomic mass is 10.2. The maximum Gasteiger partial charge on any atom is 0.270 e. The molecule has 0 saturated carbocycles. The van der Waals surface area contributed by atoms with Crippen molar-refractivity contribution in [2.75, 3.05) is 45.8 Å². The number of aromatic nitrogens is 1. The van der Waals surface area contributed by atoms with Crippen molar-refractivity contribution in [3.63, 3.8) is 0 Å². The Morgan fingerprint density at radius 2 is 1.56 bits per heavy atom. The molecule has 0 radical (unpaired) electrons. The lowest BCUT2D eigenvalue weighted by molar-refractivity contribution is -0.132. The average molecular weight is 346 g/mol. The average Bonchev–Trinajstić information content (AvgIpc) is 2.83. The lowest BCUT2D eigenvalue weighted by Gasteiger charge is -2.26. The second-order valence-corrected chi connectivity index (χ2v) is 7.22. The molecular weight excluding hydrogens is 316 g/mol. The summed E-state index contributed by atoms with van der Waals surface area (Å²) in [6.07, 6.45) is 7.71. The van der Waals surface area contributed by atoms with E-state index in [2.05, 4.69) is 4.90 Å². The fourth-order valence-corrected chi connectivity index (χ4v) is 3.80. The molecule has 0 unspecified atom stereocenters. The summed E-state index contributed by atoms with van der Waals surface area (Å²) in [5.74, 6) is 0.282. The molecule has 1 aromatic rings. The Hall–Kier alpha value is -1.82. The number of aryl methyl sites for hydroxylation is 1. The van der Waals surface area contributed by atoms with Crippen molar-refractivity contribution in [1.29, 1.82) is 0 Å². The van der Waals surface area contributed by atoms with Crippen LogP contribution in [0.25, 0.3) is 0 Å². The van der Waals surface area contributed by atoms with Gasteiger partial charge in [0.05, 0.1) is 6.54 Å². The predicted molar refractivity (Wildman–Crippen MR) is 97.4 cm³/mol. The van der Waals surface area contributed by atoms with Gasteiger partial charge < -0.3 is 14.4 Å². The molecule has 2 aliphatic rings. The van der Waals surface area contributed by atoms with E-state index in [1.807, 2.05) is 39.7 Å². The van der Waals surface area contributed by atoms with Crippen molar-refractivity contribution in [1.82, 2.24) is 19.3 Å². The van der Waals surface area contributed by atoms with Gasteiger partial charge in [-0.3, -0.25) is 14.5 Å². The number of carbonyl (C=O) groups excluding carboxylic acids is 2. The number of nitrogens with zero attached hydrogens (tertiary/aromatic N) is 4. The summed E-state index contributed by atoms with van der Waals surface area (Å²) in [5.41, 5.74) is 0.712. The van der Waals surface area contributed by atoms with Gasteiger partial charge in [0.15, 0.2) is 0 Å². The Morgan fingerprint density at radius 1 is 0.880 bits per heavy atom. The Kier molecular flexibility index (Phi) is 6.13. The molecule has 6 nitrogen and oxygen atoms in total. The van der Waals surface area contributed by atoms with Crippen molar-refractivity contribution in [2.45, 2.75) is 32.1 Å². The van der Waals surface area contributed by atoms with Crippen LogP contribution in [0.2, 0.25) is 0 Å². The van der Waals surface area contributed by atoms with Crippen molar-refractivity contribution in [3.05, 3.63) is 24.0 Å². The molecule has 6 heteroatoms. The largest absolute Gasteiger partial charge is 0.347 e. The standard InChI is InChI=1S/C19H30N4O2/c1-20-9-6-8-17(20)19(25)23-13-7-12-22(14-15-23)18(24)16-21-10-4-2-3-5-11-21/h6,8-9H,2-5,7,10-16H2,1H3. The van der Waals surface area contributed by atoms with E-state index in [9.17, 15) is 9.59 Å². The molecule has 2 aliphatic heterocycles. The molecule has 2 fully saturated rings. The van der Waals surface area contributed by atoms with Crippen molar-refractivity contribution < 1.29 is 9.59 Å². The van der Waals surface area contributed by atoms with Gasteiger partial charge in [0.25, 0.3) is 5.91 Å². The number of carbonyl (C=O) groups is 2. The molecule has 0 spiro atoms. The molecule has 2 amide bonds. The smallest absolute Gasteiger partial charge is 0.270 e. The van der Waals surface area contributed by atoms with Gasteiger partial charge in [0.2, 0.25) is 5.91 Å². The van der Waals surface area contributed by atoms with Crippen LogP contribution in [0.3, 0.4) is 0 Å². The van der Waals surface area contributed by atoms with Crippen LogP contribution in [-0.2, 0) is 11.8 Å². The van der Waals surface area contributed by atoms with Gasteiger partial charge in [-0.2, -0.15) is 0 Å². The monoisotopic (exact) mass is 346 g/mol. The maximum atomic E-state index is 12.7. The number of rotatable bonds is 3. The second-order valence-electron chi connectivity index (χ2n) is 7.22. The van der Waals surface area contributed by atoms with Gasteiger partial charge in [-0.1, -0.05) is 12.8 Å². The summed E-state index contributed by atoms with van der Waals surface area (Å²) in [5, 5.41) is 0. The van der Waals surface area contributed by atoms with E-state index in [4.69, 9.17) is 0 Å². The van der Waals surface area contributed by atoms with E-state index in [1.54, 1.807) is 0 Å². The first kappa shape index (κ1) is 18.0. The number of hydrogen-bond donors (Lipinski definition) is 0. The van der Waals surface area contributed by atoms with Gasteiger partial charge in [-0.05, 0) is 44.5 Å². The lowest BCUT2D eigenvalue weighted by Crippen LogP contribution is -2.43. The quantitative estimate of drug-likeness (QED) is 0.835. The minimum absolute atomic E-state index is 0.0642. The Bertz CT molecular complexity index is 590. The molecule has 138 valence electrons. The highest BCUT2D eigenvalue weighted by molar-refractivity contribution is 5.92. The molecule has 25 heavy (non-hydrogen) atoms. The van der Waals surface area contributed by atoms with Crippen LogP contribution < -0.4 is 0 Å². The van der Waals surface area contributed by atoms with Crippen molar-refractivity contribution in [3.8, 4) is 0 Å². The highest BCUT2D eigenvalue weighted by Crippen LogP contribution is 2.12. The zero-order valence-corrected chi connectivity index (χ0v) is 15.3. The molecule has 3 rings (SSSR count). The first-order chi connectivity index (χ1) is 12.1. The number of hydrogen-bond acceptors (Lipinski definition) is 3. The Balaban J connectivity index is 1.53. The van der Waals surface area contributed by atoms with Gasteiger partial charge in [0.1, 0.15) is 5.69 Å². The van der Waals surface area contributed by atoms with E-state index in [0.717, 1.165) is 32.6 Å². The first-order valence-electron chi connectivity index (χ1n) is 9.56. The van der Waals surface area contributed by atoms with Crippen LogP contribution in [-0.4, -0.2) is 76.9 Å². The van der Waals surface area contributed by atoms with E-state index in [-0.39, 0.29) is 11.8 Å². The highest BCUT2D eigenvalue weighted by Gasteiger charge is 2.25. The molecule has 2 saturated heterocycles. The van der Waals surface area contributed by atoms with E-state index in [1.165, 1.54) is 25.7 Å². The van der Waals surface area contributed by atoms with E-state index >= 15 is 0 Å². The zero-order valence-electron chi connectivity index (χ0n) is 15.3. The SMILES string of the molecule is Cn1cccc1C(=O)N1CCCN(C(=O)CN2CCCCCC2)CC1. The molecule has 0 bridgehead atoms. The third-order valence-electron chi connectivity index (χ3n) is 5.36. The molecule has 0 aromatic carbocycles. The van der Waals surface area contributed by atoms with E-state index in [0.29, 0.717) is 25.3 Å². The van der Waals surface area contributed by atoms with Crippen LogP contribution in [0.4, 0.5) is 0 Å². The molecule has 0 atom stereocenters. The number of likely N-dealkylation sites (tertiary alicyclic amines) is 1. The minimum Gasteiger partial charge on any atom is -0.347 e. The number of amides is 2. The van der Waals surface area contributed by atoms with Crippen LogP contribution in [0.5, 0.6) is 0 Å². The van der Waals surface area contributed by atoms with Gasteiger partial charge >= 0.3 is 0 Å². The first-order valence-corrected chi connectivity index (χ1v) is 9.56. The third-order valence-corrected chi connectivity index (χ3v) is 5.36. The third kappa shape index (κ3) is 4.63. The fraction of sp³-hybridized carbons (Fsp3) is 0.684. The second kappa shape index (κ2) is 8.52. The molecule has 0 N–H and O–H groups in total. The summed E-state index contributed by atoms with van der Waals surface area (Å²) in [6.45, 7) is 5.35. The summed E-state index contributed by atoms with van der Waals surface area (Å²) in [7, 11) is 1.89. The summed E-state index contributed by atoms with van der Waals surface area (Å²) in [4.78, 5) is 31.5. The molecule has 1 aromatic heterocycles. The summed E-state index contributed by atoms with van der Waals surface area (Å²) in [6, 6.07) is 3.75. The van der Waals surface area contributed by atoms with Gasteiger partial charge in [-0.15, -0.1) is 0 Å². The summed E-state index contributed by atoms with van der Waals surface area (Å²) < 4.78 is 1.86. The van der Waals surface area contributed by atoms with Gasteiger partial charge in [0, 0.05) is 39.4 Å². The van der Waals surface area contributed by atoms with Crippen molar-refractivity contribution in [2.24, 2.45) is 7.05 Å². The summed E-state index contributed by atoms with van der Waals surface area (Å²) >= 11 is 0. The van der Waals surface area contributed by atoms with E-state index < -0.39 is 0 Å². The van der Waals surface area contributed by atoms with Gasteiger partial charge in [-0.25, -0.2) is 0 Å². The Labute approximate surface area is 150 Å². The normalized spacial score (nSPS) is 20.2. The van der Waals surface area contributed by atoms with Crippen LogP contribution in [0.15, 0.2) is 18.3 Å². The van der Waals surface area contributed by atoms with Crippen molar-refractivity contribution >= 4 is 11.8 Å². The zero-order chi connectivity index (χ0) is 17.6. The van der Waals surface area contributed by atoms with Crippen LogP contribution in [0.1, 0.15) is 42.6 Å². The molecule has 3 heterocycles. The predicted octanol–water partition coefficient (Wildman–Crippen LogP) is 1.58. The molecular formula is C19H30N4O2. The highest BCUT2D eigenvalue weighted by atomic mass is 16.2. The topological polar surface area (TPSA) is 48.8 Å². The van der Waals surface area contributed by atoms with Crippen LogP contribution >= 0.6 is 0 Å². The maximum absolute atomic E-state index is 12.7.